The van der Waals surface area contributed by atoms with E-state index in [9.17, 15) is 4.79 Å². The van der Waals surface area contributed by atoms with Gasteiger partial charge in [0.15, 0.2) is 5.82 Å². The van der Waals surface area contributed by atoms with E-state index in [1.807, 2.05) is 18.7 Å². The number of rotatable bonds is 3. The minimum Gasteiger partial charge on any atom is -0.450 e. The van der Waals surface area contributed by atoms with Crippen molar-refractivity contribution in [2.24, 2.45) is 5.41 Å². The van der Waals surface area contributed by atoms with Crippen molar-refractivity contribution in [3.8, 4) is 0 Å². The second-order valence-corrected chi connectivity index (χ2v) is 7.92. The lowest BCUT2D eigenvalue weighted by Gasteiger charge is -2.51. The van der Waals surface area contributed by atoms with Gasteiger partial charge in [-0.1, -0.05) is 5.16 Å². The summed E-state index contributed by atoms with van der Waals surface area (Å²) in [5.41, 5.74) is 0.345. The van der Waals surface area contributed by atoms with Crippen LogP contribution in [0.3, 0.4) is 0 Å². The molecule has 3 fully saturated rings. The van der Waals surface area contributed by atoms with Crippen LogP contribution in [0.25, 0.3) is 0 Å². The van der Waals surface area contributed by atoms with E-state index in [2.05, 4.69) is 15.0 Å². The zero-order valence-corrected chi connectivity index (χ0v) is 15.2. The smallest absolute Gasteiger partial charge is 0.409 e. The van der Waals surface area contributed by atoms with Crippen molar-refractivity contribution in [3.63, 3.8) is 0 Å². The Kier molecular flexibility index (Phi) is 4.43. The maximum atomic E-state index is 11.9. The van der Waals surface area contributed by atoms with E-state index in [0.29, 0.717) is 24.0 Å². The third kappa shape index (κ3) is 3.26. The summed E-state index contributed by atoms with van der Waals surface area (Å²) in [6.45, 7) is 8.13. The minimum absolute atomic E-state index is 0.140. The molecular formula is C18H28N4O3. The second-order valence-electron chi connectivity index (χ2n) is 7.92. The molecule has 25 heavy (non-hydrogen) atoms. The fraction of sp³-hybridized carbons (Fsp3) is 0.833. The fourth-order valence-corrected chi connectivity index (χ4v) is 4.83. The average molecular weight is 348 g/mol. The maximum Gasteiger partial charge on any atom is 0.409 e. The molecule has 0 N–H and O–H groups in total. The molecule has 7 heteroatoms. The Morgan fingerprint density at radius 2 is 2.08 bits per heavy atom. The Bertz CT molecular complexity index is 618. The maximum absolute atomic E-state index is 11.9. The largest absolute Gasteiger partial charge is 0.450 e. The van der Waals surface area contributed by atoms with Crippen LogP contribution in [-0.4, -0.2) is 64.9 Å². The molecule has 138 valence electrons. The normalized spacial score (nSPS) is 30.6. The molecule has 3 heterocycles. The van der Waals surface area contributed by atoms with E-state index in [0.717, 1.165) is 57.2 Å². The molecule has 1 aliphatic carbocycles. The monoisotopic (exact) mass is 348 g/mol. The molecule has 1 saturated carbocycles. The Labute approximate surface area is 148 Å². The van der Waals surface area contributed by atoms with Crippen molar-refractivity contribution in [3.05, 3.63) is 11.7 Å². The number of hydrogen-bond donors (Lipinski definition) is 0. The summed E-state index contributed by atoms with van der Waals surface area (Å²) >= 11 is 0. The van der Waals surface area contributed by atoms with Crippen LogP contribution >= 0.6 is 0 Å². The zero-order valence-electron chi connectivity index (χ0n) is 15.2. The summed E-state index contributed by atoms with van der Waals surface area (Å²) in [5, 5.41) is 3.91. The molecule has 4 rings (SSSR count). The Balaban J connectivity index is 1.25. The Morgan fingerprint density at radius 1 is 1.32 bits per heavy atom. The standard InChI is InChI=1S/C18H28N4O3/c1-3-24-17(23)22-9-6-18(12-22)10-15(11-18)21-7-4-14(5-8-21)16-19-13(2)20-25-16/h14-15H,3-12H2,1-2H3. The van der Waals surface area contributed by atoms with Crippen LogP contribution in [0, 0.1) is 12.3 Å². The van der Waals surface area contributed by atoms with Gasteiger partial charge in [0.1, 0.15) is 0 Å². The second kappa shape index (κ2) is 6.59. The number of ether oxygens (including phenoxy) is 1. The van der Waals surface area contributed by atoms with Crippen molar-refractivity contribution in [1.29, 1.82) is 0 Å². The van der Waals surface area contributed by atoms with Crippen LogP contribution in [-0.2, 0) is 4.74 Å². The molecule has 0 bridgehead atoms. The van der Waals surface area contributed by atoms with Crippen LogP contribution in [0.5, 0.6) is 0 Å². The highest BCUT2D eigenvalue weighted by Gasteiger charge is 2.51. The highest BCUT2D eigenvalue weighted by atomic mass is 16.6. The van der Waals surface area contributed by atoms with Crippen molar-refractivity contribution in [2.45, 2.75) is 57.9 Å². The van der Waals surface area contributed by atoms with E-state index < -0.39 is 0 Å². The SMILES string of the molecule is CCOC(=O)N1CCC2(CC(N3CCC(c4nc(C)no4)CC3)C2)C1. The minimum atomic E-state index is -0.140. The molecule has 7 nitrogen and oxygen atoms in total. The number of amides is 1. The third-order valence-corrected chi connectivity index (χ3v) is 6.24. The number of aryl methyl sites for hydroxylation is 1. The highest BCUT2D eigenvalue weighted by molar-refractivity contribution is 5.68. The zero-order chi connectivity index (χ0) is 17.4. The van der Waals surface area contributed by atoms with E-state index in [4.69, 9.17) is 9.26 Å². The van der Waals surface area contributed by atoms with Crippen molar-refractivity contribution < 1.29 is 14.1 Å². The van der Waals surface area contributed by atoms with Gasteiger partial charge in [-0.3, -0.25) is 0 Å². The van der Waals surface area contributed by atoms with Crippen molar-refractivity contribution in [1.82, 2.24) is 19.9 Å². The summed E-state index contributed by atoms with van der Waals surface area (Å²) in [7, 11) is 0. The van der Waals surface area contributed by atoms with Crippen LogP contribution in [0.15, 0.2) is 4.52 Å². The molecule has 1 spiro atoms. The number of carbonyl (C=O) groups is 1. The lowest BCUT2D eigenvalue weighted by atomic mass is 9.64. The first-order valence-corrected chi connectivity index (χ1v) is 9.54. The quantitative estimate of drug-likeness (QED) is 0.836. The molecule has 1 aromatic heterocycles. The molecule has 1 aromatic rings. The van der Waals surface area contributed by atoms with Gasteiger partial charge in [-0.15, -0.1) is 0 Å². The summed E-state index contributed by atoms with van der Waals surface area (Å²) in [6, 6.07) is 0.674. The highest BCUT2D eigenvalue weighted by Crippen LogP contribution is 2.50. The first kappa shape index (κ1) is 16.8. The first-order chi connectivity index (χ1) is 12.1. The van der Waals surface area contributed by atoms with Gasteiger partial charge in [-0.2, -0.15) is 4.98 Å². The van der Waals surface area contributed by atoms with Gasteiger partial charge < -0.3 is 19.1 Å². The molecule has 0 atom stereocenters. The topological polar surface area (TPSA) is 71.7 Å². The molecule has 0 unspecified atom stereocenters. The summed E-state index contributed by atoms with van der Waals surface area (Å²) in [6.07, 6.45) is 5.61. The summed E-state index contributed by atoms with van der Waals surface area (Å²) in [4.78, 5) is 20.8. The number of hydrogen-bond acceptors (Lipinski definition) is 6. The van der Waals surface area contributed by atoms with Gasteiger partial charge in [-0.05, 0) is 64.5 Å². The Hall–Kier alpha value is -1.63. The van der Waals surface area contributed by atoms with Gasteiger partial charge in [0.25, 0.3) is 0 Å². The van der Waals surface area contributed by atoms with E-state index in [1.54, 1.807) is 0 Å². The molecule has 3 aliphatic rings. The van der Waals surface area contributed by atoms with Gasteiger partial charge in [0.05, 0.1) is 6.61 Å². The number of aromatic nitrogens is 2. The molecule has 2 aliphatic heterocycles. The fourth-order valence-electron chi connectivity index (χ4n) is 4.83. The van der Waals surface area contributed by atoms with Crippen LogP contribution in [0.1, 0.15) is 56.7 Å². The molecule has 0 radical (unpaired) electrons. The summed E-state index contributed by atoms with van der Waals surface area (Å²) in [5.74, 6) is 1.95. The number of likely N-dealkylation sites (tertiary alicyclic amines) is 2. The number of nitrogens with zero attached hydrogens (tertiary/aromatic N) is 4. The lowest BCUT2D eigenvalue weighted by Crippen LogP contribution is -2.54. The average Bonchev–Trinajstić information content (AvgIpc) is 3.21. The van der Waals surface area contributed by atoms with Gasteiger partial charge in [0, 0.05) is 25.0 Å². The predicted octanol–water partition coefficient (Wildman–Crippen LogP) is 2.57. The van der Waals surface area contributed by atoms with Gasteiger partial charge >= 0.3 is 6.09 Å². The van der Waals surface area contributed by atoms with Gasteiger partial charge in [-0.25, -0.2) is 4.79 Å². The lowest BCUT2D eigenvalue weighted by molar-refractivity contribution is -0.00605. The first-order valence-electron chi connectivity index (χ1n) is 9.54. The summed E-state index contributed by atoms with van der Waals surface area (Å²) < 4.78 is 10.5. The van der Waals surface area contributed by atoms with E-state index in [-0.39, 0.29) is 6.09 Å². The number of carbonyl (C=O) groups excluding carboxylic acids is 1. The third-order valence-electron chi connectivity index (χ3n) is 6.24. The predicted molar refractivity (Wildman–Crippen MR) is 91.3 cm³/mol. The molecule has 0 aromatic carbocycles. The van der Waals surface area contributed by atoms with Crippen molar-refractivity contribution >= 4 is 6.09 Å². The Morgan fingerprint density at radius 3 is 2.72 bits per heavy atom. The van der Waals surface area contributed by atoms with Crippen molar-refractivity contribution in [2.75, 3.05) is 32.8 Å². The van der Waals surface area contributed by atoms with Crippen LogP contribution < -0.4 is 0 Å². The van der Waals surface area contributed by atoms with Gasteiger partial charge in [0.2, 0.25) is 5.89 Å². The van der Waals surface area contributed by atoms with E-state index in [1.165, 1.54) is 12.8 Å². The number of piperidine rings is 1. The van der Waals surface area contributed by atoms with Crippen LogP contribution in [0.4, 0.5) is 4.79 Å². The van der Waals surface area contributed by atoms with Crippen LogP contribution in [0.2, 0.25) is 0 Å². The van der Waals surface area contributed by atoms with E-state index >= 15 is 0 Å². The molecule has 1 amide bonds. The molecular weight excluding hydrogens is 320 g/mol. The molecule has 2 saturated heterocycles.